The van der Waals surface area contributed by atoms with E-state index in [0.717, 1.165) is 12.5 Å². The van der Waals surface area contributed by atoms with E-state index >= 15 is 0 Å². The van der Waals surface area contributed by atoms with Crippen molar-refractivity contribution in [2.24, 2.45) is 0 Å². The van der Waals surface area contributed by atoms with Gasteiger partial charge in [0, 0.05) is 18.7 Å². The quantitative estimate of drug-likeness (QED) is 0.652. The molecule has 0 radical (unpaired) electrons. The second-order valence-electron chi connectivity index (χ2n) is 4.68. The third-order valence-electron chi connectivity index (χ3n) is 3.27. The number of benzene rings is 1. The molecule has 0 aliphatic heterocycles. The molecule has 2 rings (SSSR count). The summed E-state index contributed by atoms with van der Waals surface area (Å²) < 4.78 is 0. The minimum Gasteiger partial charge on any atom is -0.388 e. The molecule has 2 N–H and O–H groups in total. The first-order valence-electron chi connectivity index (χ1n) is 5.86. The Morgan fingerprint density at radius 2 is 2.21 bits per heavy atom. The molecule has 19 heavy (non-hydrogen) atoms. The average Bonchev–Trinajstić information content (AvgIpc) is 2.34. The molecule has 102 valence electrons. The molecule has 1 saturated carbocycles. The molecular weight excluding hydrogens is 272 g/mol. The summed E-state index contributed by atoms with van der Waals surface area (Å²) in [6.07, 6.45) is 2.23. The van der Waals surface area contributed by atoms with Gasteiger partial charge in [-0.15, -0.1) is 0 Å². The molecule has 1 aliphatic rings. The number of amides is 1. The Morgan fingerprint density at radius 1 is 1.53 bits per heavy atom. The summed E-state index contributed by atoms with van der Waals surface area (Å²) in [5, 5.41) is 23.2. The highest BCUT2D eigenvalue weighted by Gasteiger charge is 2.34. The second-order valence-corrected chi connectivity index (χ2v) is 5.09. The smallest absolute Gasteiger partial charge is 0.270 e. The molecule has 0 saturated heterocycles. The number of non-ortho nitro benzene ring substituents is 1. The monoisotopic (exact) mass is 284 g/mol. The topological polar surface area (TPSA) is 92.5 Å². The van der Waals surface area contributed by atoms with Crippen molar-refractivity contribution in [3.63, 3.8) is 0 Å². The lowest BCUT2D eigenvalue weighted by atomic mass is 9.80. The lowest BCUT2D eigenvalue weighted by Gasteiger charge is -2.36. The Bertz CT molecular complexity index is 528. The van der Waals surface area contributed by atoms with Crippen LogP contribution in [-0.2, 0) is 0 Å². The van der Waals surface area contributed by atoms with Gasteiger partial charge in [0.25, 0.3) is 11.6 Å². The number of rotatable bonds is 4. The Kier molecular flexibility index (Phi) is 3.73. The number of hydrogen-bond acceptors (Lipinski definition) is 4. The van der Waals surface area contributed by atoms with Gasteiger partial charge in [-0.3, -0.25) is 14.9 Å². The largest absolute Gasteiger partial charge is 0.388 e. The predicted octanol–water partition coefficient (Wildman–Crippen LogP) is 1.89. The van der Waals surface area contributed by atoms with Gasteiger partial charge in [0.05, 0.1) is 21.1 Å². The summed E-state index contributed by atoms with van der Waals surface area (Å²) in [7, 11) is 0. The number of hydrogen-bond donors (Lipinski definition) is 2. The van der Waals surface area contributed by atoms with Crippen molar-refractivity contribution in [2.75, 3.05) is 6.54 Å². The Balaban J connectivity index is 2.09. The molecule has 0 bridgehead atoms. The van der Waals surface area contributed by atoms with Crippen LogP contribution in [0.15, 0.2) is 18.2 Å². The van der Waals surface area contributed by atoms with E-state index in [4.69, 9.17) is 11.6 Å². The van der Waals surface area contributed by atoms with E-state index in [1.54, 1.807) is 0 Å². The number of nitrogens with zero attached hydrogens (tertiary/aromatic N) is 1. The molecule has 0 atom stereocenters. The Morgan fingerprint density at radius 3 is 2.74 bits per heavy atom. The van der Waals surface area contributed by atoms with Crippen LogP contribution in [0.4, 0.5) is 5.69 Å². The molecule has 0 unspecified atom stereocenters. The fourth-order valence-corrected chi connectivity index (χ4v) is 2.11. The molecule has 1 amide bonds. The van der Waals surface area contributed by atoms with Crippen molar-refractivity contribution < 1.29 is 14.8 Å². The van der Waals surface area contributed by atoms with Crippen LogP contribution >= 0.6 is 11.6 Å². The van der Waals surface area contributed by atoms with Crippen molar-refractivity contribution in [1.82, 2.24) is 5.32 Å². The summed E-state index contributed by atoms with van der Waals surface area (Å²) in [6.45, 7) is 0.130. The van der Waals surface area contributed by atoms with Crippen LogP contribution in [0.2, 0.25) is 5.02 Å². The van der Waals surface area contributed by atoms with Crippen LogP contribution in [0.5, 0.6) is 0 Å². The Hall–Kier alpha value is -1.66. The molecule has 1 aromatic rings. The summed E-state index contributed by atoms with van der Waals surface area (Å²) in [5.74, 6) is -0.519. The predicted molar refractivity (Wildman–Crippen MR) is 69.2 cm³/mol. The molecule has 1 fully saturated rings. The fourth-order valence-electron chi connectivity index (χ4n) is 1.90. The van der Waals surface area contributed by atoms with E-state index in [-0.39, 0.29) is 22.8 Å². The van der Waals surface area contributed by atoms with Gasteiger partial charge in [-0.2, -0.15) is 0 Å². The number of carbonyl (C=O) groups is 1. The minimum absolute atomic E-state index is 0.0405. The van der Waals surface area contributed by atoms with Crippen LogP contribution in [0.25, 0.3) is 0 Å². The molecule has 0 spiro atoms. The van der Waals surface area contributed by atoms with Crippen molar-refractivity contribution in [2.45, 2.75) is 24.9 Å². The normalized spacial score (nSPS) is 16.5. The lowest BCUT2D eigenvalue weighted by Crippen LogP contribution is -2.47. The molecule has 1 aliphatic carbocycles. The molecule has 0 aromatic heterocycles. The third-order valence-corrected chi connectivity index (χ3v) is 3.60. The maximum absolute atomic E-state index is 11.9. The number of nitrogens with one attached hydrogen (secondary N) is 1. The van der Waals surface area contributed by atoms with Gasteiger partial charge < -0.3 is 10.4 Å². The first-order valence-corrected chi connectivity index (χ1v) is 6.24. The van der Waals surface area contributed by atoms with Gasteiger partial charge in [-0.25, -0.2) is 0 Å². The van der Waals surface area contributed by atoms with Gasteiger partial charge in [-0.05, 0) is 25.3 Å². The fraction of sp³-hybridized carbons (Fsp3) is 0.417. The van der Waals surface area contributed by atoms with Gasteiger partial charge in [0.15, 0.2) is 0 Å². The number of halogens is 1. The number of carbonyl (C=O) groups excluding carboxylic acids is 1. The van der Waals surface area contributed by atoms with E-state index in [2.05, 4.69) is 5.32 Å². The Labute approximate surface area is 114 Å². The molecular formula is C12H13ClN2O4. The maximum atomic E-state index is 11.9. The van der Waals surface area contributed by atoms with Crippen LogP contribution in [-0.4, -0.2) is 28.1 Å². The zero-order valence-electron chi connectivity index (χ0n) is 10.1. The van der Waals surface area contributed by atoms with E-state index in [1.165, 1.54) is 12.1 Å². The number of aliphatic hydroxyl groups is 1. The highest BCUT2D eigenvalue weighted by Crippen LogP contribution is 2.31. The SMILES string of the molecule is O=C(NCC1(O)CCC1)c1cc([N+](=O)[O-])ccc1Cl. The van der Waals surface area contributed by atoms with Gasteiger partial charge in [0.1, 0.15) is 0 Å². The maximum Gasteiger partial charge on any atom is 0.270 e. The van der Waals surface area contributed by atoms with Crippen LogP contribution in [0.1, 0.15) is 29.6 Å². The van der Waals surface area contributed by atoms with Crippen LogP contribution < -0.4 is 5.32 Å². The van der Waals surface area contributed by atoms with Crippen molar-refractivity contribution in [1.29, 1.82) is 0 Å². The van der Waals surface area contributed by atoms with E-state index in [0.29, 0.717) is 12.8 Å². The van der Waals surface area contributed by atoms with Crippen molar-refractivity contribution >= 4 is 23.2 Å². The molecule has 7 heteroatoms. The minimum atomic E-state index is -0.844. The highest BCUT2D eigenvalue weighted by molar-refractivity contribution is 6.33. The molecule has 1 aromatic carbocycles. The first kappa shape index (κ1) is 13.8. The number of nitro benzene ring substituents is 1. The van der Waals surface area contributed by atoms with Gasteiger partial charge in [0.2, 0.25) is 0 Å². The standard InChI is InChI=1S/C12H13ClN2O4/c13-10-3-2-8(15(18)19)6-9(10)11(16)14-7-12(17)4-1-5-12/h2-3,6,17H,1,4-5,7H2,(H,14,16). The highest BCUT2D eigenvalue weighted by atomic mass is 35.5. The van der Waals surface area contributed by atoms with Crippen LogP contribution in [0, 0.1) is 10.1 Å². The summed E-state index contributed by atoms with van der Waals surface area (Å²) >= 11 is 5.85. The molecule has 0 heterocycles. The average molecular weight is 285 g/mol. The van der Waals surface area contributed by atoms with Gasteiger partial charge in [-0.1, -0.05) is 11.6 Å². The van der Waals surface area contributed by atoms with E-state index in [1.807, 2.05) is 0 Å². The van der Waals surface area contributed by atoms with E-state index in [9.17, 15) is 20.0 Å². The molecule has 6 nitrogen and oxygen atoms in total. The van der Waals surface area contributed by atoms with Crippen molar-refractivity contribution in [3.05, 3.63) is 38.9 Å². The lowest BCUT2D eigenvalue weighted by molar-refractivity contribution is -0.384. The zero-order chi connectivity index (χ0) is 14.0. The van der Waals surface area contributed by atoms with Crippen molar-refractivity contribution in [3.8, 4) is 0 Å². The zero-order valence-corrected chi connectivity index (χ0v) is 10.8. The summed E-state index contributed by atoms with van der Waals surface area (Å²) in [5.41, 5.74) is -1.00. The second kappa shape index (κ2) is 5.14. The van der Waals surface area contributed by atoms with Crippen LogP contribution in [0.3, 0.4) is 0 Å². The van der Waals surface area contributed by atoms with E-state index < -0.39 is 16.4 Å². The summed E-state index contributed by atoms with van der Waals surface area (Å²) in [6, 6.07) is 3.67. The summed E-state index contributed by atoms with van der Waals surface area (Å²) in [4.78, 5) is 22.0. The van der Waals surface area contributed by atoms with Gasteiger partial charge >= 0.3 is 0 Å². The third kappa shape index (κ3) is 3.02. The number of nitro groups is 1. The first-order chi connectivity index (χ1) is 8.91.